The minimum atomic E-state index is 0.782. The molecular weight excluding hydrogens is 238 g/mol. The first kappa shape index (κ1) is 15.9. The van der Waals surface area contributed by atoms with Crippen LogP contribution in [0.2, 0.25) is 0 Å². The van der Waals surface area contributed by atoms with Crippen molar-refractivity contribution in [3.05, 3.63) is 12.4 Å². The van der Waals surface area contributed by atoms with Gasteiger partial charge in [-0.15, -0.1) is 0 Å². The molecule has 0 saturated heterocycles. The number of nitrogens with one attached hydrogen (secondary N) is 1. The summed E-state index contributed by atoms with van der Waals surface area (Å²) in [6, 6.07) is 0. The Bertz CT molecular complexity index is 281. The molecule has 0 spiro atoms. The maximum absolute atomic E-state index is 5.75. The lowest BCUT2D eigenvalue weighted by atomic mass is 10.2. The molecule has 3 heteroatoms. The molecule has 0 bridgehead atoms. The van der Waals surface area contributed by atoms with Crippen LogP contribution in [0.3, 0.4) is 0 Å². The van der Waals surface area contributed by atoms with E-state index in [1.54, 1.807) is 0 Å². The maximum atomic E-state index is 5.75. The van der Waals surface area contributed by atoms with Gasteiger partial charge in [-0.05, 0) is 12.8 Å². The van der Waals surface area contributed by atoms with Crippen molar-refractivity contribution < 1.29 is 9.47 Å². The molecule has 0 aliphatic rings. The summed E-state index contributed by atoms with van der Waals surface area (Å²) in [5.74, 6) is 1.71. The molecule has 0 aromatic carbocycles. The van der Waals surface area contributed by atoms with Gasteiger partial charge in [0.1, 0.15) is 0 Å². The predicted molar refractivity (Wildman–Crippen MR) is 80.1 cm³/mol. The van der Waals surface area contributed by atoms with Crippen LogP contribution >= 0.6 is 0 Å². The van der Waals surface area contributed by atoms with E-state index in [9.17, 15) is 0 Å². The fourth-order valence-corrected chi connectivity index (χ4v) is 1.98. The molecule has 19 heavy (non-hydrogen) atoms. The van der Waals surface area contributed by atoms with Gasteiger partial charge in [0.15, 0.2) is 11.5 Å². The summed E-state index contributed by atoms with van der Waals surface area (Å²) in [7, 11) is 0. The van der Waals surface area contributed by atoms with Crippen molar-refractivity contribution in [3.63, 3.8) is 0 Å². The quantitative estimate of drug-likeness (QED) is 0.545. The monoisotopic (exact) mass is 267 g/mol. The van der Waals surface area contributed by atoms with Crippen LogP contribution in [-0.4, -0.2) is 18.2 Å². The lowest BCUT2D eigenvalue weighted by molar-refractivity contribution is 0.261. The van der Waals surface area contributed by atoms with Crippen molar-refractivity contribution in [1.29, 1.82) is 0 Å². The first-order chi connectivity index (χ1) is 9.38. The number of aromatic nitrogens is 1. The molecular formula is C16H29NO2. The highest BCUT2D eigenvalue weighted by Gasteiger charge is 2.05. The van der Waals surface area contributed by atoms with E-state index in [0.717, 1.165) is 37.6 Å². The molecule has 0 saturated carbocycles. The highest BCUT2D eigenvalue weighted by atomic mass is 16.5. The zero-order valence-corrected chi connectivity index (χ0v) is 12.5. The summed E-state index contributed by atoms with van der Waals surface area (Å²) in [6.07, 6.45) is 13.6. The molecule has 0 radical (unpaired) electrons. The van der Waals surface area contributed by atoms with E-state index in [1.165, 1.54) is 38.5 Å². The maximum Gasteiger partial charge on any atom is 0.178 e. The number of hydrogen-bond donors (Lipinski definition) is 1. The fraction of sp³-hybridized carbons (Fsp3) is 0.750. The Kier molecular flexibility index (Phi) is 9.03. The van der Waals surface area contributed by atoms with E-state index < -0.39 is 0 Å². The number of aromatic amines is 1. The van der Waals surface area contributed by atoms with Crippen molar-refractivity contribution in [1.82, 2.24) is 4.98 Å². The summed E-state index contributed by atoms with van der Waals surface area (Å²) >= 11 is 0. The van der Waals surface area contributed by atoms with Gasteiger partial charge in [0.25, 0.3) is 0 Å². The van der Waals surface area contributed by atoms with Crippen molar-refractivity contribution in [3.8, 4) is 11.5 Å². The summed E-state index contributed by atoms with van der Waals surface area (Å²) in [5, 5.41) is 0. The van der Waals surface area contributed by atoms with Crippen LogP contribution in [-0.2, 0) is 0 Å². The number of H-pyrrole nitrogens is 1. The van der Waals surface area contributed by atoms with Gasteiger partial charge in [0.05, 0.1) is 13.2 Å². The molecule has 1 heterocycles. The third-order valence-corrected chi connectivity index (χ3v) is 3.18. The number of rotatable bonds is 12. The largest absolute Gasteiger partial charge is 0.488 e. The number of ether oxygens (including phenoxy) is 2. The summed E-state index contributed by atoms with van der Waals surface area (Å²) in [4.78, 5) is 3.05. The van der Waals surface area contributed by atoms with E-state index in [4.69, 9.17) is 9.47 Å². The highest BCUT2D eigenvalue weighted by molar-refractivity contribution is 5.36. The van der Waals surface area contributed by atoms with Crippen LogP contribution in [0.4, 0.5) is 0 Å². The molecule has 1 aromatic rings. The smallest absolute Gasteiger partial charge is 0.178 e. The Balaban J connectivity index is 2.15. The molecule has 0 fully saturated rings. The Morgan fingerprint density at radius 2 is 1.21 bits per heavy atom. The van der Waals surface area contributed by atoms with Crippen LogP contribution < -0.4 is 9.47 Å². The minimum absolute atomic E-state index is 0.782. The second-order valence-electron chi connectivity index (χ2n) is 5.00. The second kappa shape index (κ2) is 10.8. The Labute approximate surface area is 117 Å². The SMILES string of the molecule is CCCCCCOc1c[nH]cc1OCCCCCC. The van der Waals surface area contributed by atoms with E-state index in [-0.39, 0.29) is 0 Å². The van der Waals surface area contributed by atoms with Gasteiger partial charge >= 0.3 is 0 Å². The molecule has 3 nitrogen and oxygen atoms in total. The molecule has 1 rings (SSSR count). The molecule has 110 valence electrons. The van der Waals surface area contributed by atoms with E-state index in [1.807, 2.05) is 12.4 Å². The molecule has 0 unspecified atom stereocenters. The lowest BCUT2D eigenvalue weighted by Crippen LogP contribution is -2.01. The van der Waals surface area contributed by atoms with Crippen molar-refractivity contribution >= 4 is 0 Å². The summed E-state index contributed by atoms with van der Waals surface area (Å²) in [6.45, 7) is 6.00. The third kappa shape index (κ3) is 7.14. The summed E-state index contributed by atoms with van der Waals surface area (Å²) < 4.78 is 11.5. The average Bonchev–Trinajstić information content (AvgIpc) is 2.86. The highest BCUT2D eigenvalue weighted by Crippen LogP contribution is 2.26. The zero-order valence-electron chi connectivity index (χ0n) is 12.5. The van der Waals surface area contributed by atoms with E-state index >= 15 is 0 Å². The van der Waals surface area contributed by atoms with Gasteiger partial charge in [-0.2, -0.15) is 0 Å². The topological polar surface area (TPSA) is 34.2 Å². The van der Waals surface area contributed by atoms with Crippen LogP contribution in [0.5, 0.6) is 11.5 Å². The molecule has 0 aliphatic carbocycles. The molecule has 0 amide bonds. The molecule has 1 aromatic heterocycles. The second-order valence-corrected chi connectivity index (χ2v) is 5.00. The Morgan fingerprint density at radius 1 is 0.737 bits per heavy atom. The van der Waals surface area contributed by atoms with Gasteiger partial charge in [0, 0.05) is 12.4 Å². The minimum Gasteiger partial charge on any atom is -0.488 e. The number of hydrogen-bond acceptors (Lipinski definition) is 2. The van der Waals surface area contributed by atoms with Crippen molar-refractivity contribution in [2.75, 3.05) is 13.2 Å². The van der Waals surface area contributed by atoms with Gasteiger partial charge in [0.2, 0.25) is 0 Å². The van der Waals surface area contributed by atoms with Gasteiger partial charge < -0.3 is 14.5 Å². The zero-order chi connectivity index (χ0) is 13.8. The third-order valence-electron chi connectivity index (χ3n) is 3.18. The lowest BCUT2D eigenvalue weighted by Gasteiger charge is -2.08. The first-order valence-electron chi connectivity index (χ1n) is 7.80. The summed E-state index contributed by atoms with van der Waals surface area (Å²) in [5.41, 5.74) is 0. The number of unbranched alkanes of at least 4 members (excludes halogenated alkanes) is 6. The average molecular weight is 267 g/mol. The van der Waals surface area contributed by atoms with Crippen molar-refractivity contribution in [2.45, 2.75) is 65.2 Å². The Hall–Kier alpha value is -1.12. The van der Waals surface area contributed by atoms with Crippen LogP contribution in [0.25, 0.3) is 0 Å². The standard InChI is InChI=1S/C16H29NO2/c1-3-5-7-9-11-18-15-13-17-14-16(15)19-12-10-8-6-4-2/h13-14,17H,3-12H2,1-2H3. The molecule has 0 aliphatic heterocycles. The normalized spacial score (nSPS) is 10.6. The van der Waals surface area contributed by atoms with E-state index in [0.29, 0.717) is 0 Å². The van der Waals surface area contributed by atoms with Gasteiger partial charge in [-0.1, -0.05) is 52.4 Å². The first-order valence-corrected chi connectivity index (χ1v) is 7.80. The fourth-order valence-electron chi connectivity index (χ4n) is 1.98. The van der Waals surface area contributed by atoms with E-state index in [2.05, 4.69) is 18.8 Å². The van der Waals surface area contributed by atoms with Crippen molar-refractivity contribution in [2.24, 2.45) is 0 Å². The van der Waals surface area contributed by atoms with Crippen LogP contribution in [0.15, 0.2) is 12.4 Å². The molecule has 1 N–H and O–H groups in total. The molecule has 0 atom stereocenters. The van der Waals surface area contributed by atoms with Gasteiger partial charge in [-0.3, -0.25) is 0 Å². The van der Waals surface area contributed by atoms with Crippen LogP contribution in [0, 0.1) is 0 Å². The van der Waals surface area contributed by atoms with Gasteiger partial charge in [-0.25, -0.2) is 0 Å². The Morgan fingerprint density at radius 3 is 1.63 bits per heavy atom. The van der Waals surface area contributed by atoms with Crippen LogP contribution in [0.1, 0.15) is 65.2 Å². The predicted octanol–water partition coefficient (Wildman–Crippen LogP) is 4.93.